The lowest BCUT2D eigenvalue weighted by Crippen LogP contribution is -2.51. The van der Waals surface area contributed by atoms with E-state index in [0.29, 0.717) is 24.0 Å². The van der Waals surface area contributed by atoms with Gasteiger partial charge in [0, 0.05) is 18.5 Å². The Balaban J connectivity index is 1.91. The first kappa shape index (κ1) is 27.5. The Morgan fingerprint density at radius 3 is 2.18 bits per heavy atom. The number of rotatable bonds is 7. The van der Waals surface area contributed by atoms with Gasteiger partial charge in [-0.15, -0.1) is 0 Å². The van der Waals surface area contributed by atoms with Gasteiger partial charge in [-0.05, 0) is 43.6 Å². The molecule has 38 heavy (non-hydrogen) atoms. The summed E-state index contributed by atoms with van der Waals surface area (Å²) in [6.45, 7) is 3.62. The van der Waals surface area contributed by atoms with Crippen LogP contribution in [0.4, 0.5) is 0 Å². The minimum absolute atomic E-state index is 0.0475. The summed E-state index contributed by atoms with van der Waals surface area (Å²) in [4.78, 5) is 67.6. The number of aryl methyl sites for hydroxylation is 1. The van der Waals surface area contributed by atoms with Gasteiger partial charge in [-0.1, -0.05) is 42.8 Å². The number of amides is 2. The smallest absolute Gasteiger partial charge is 0.334 e. The largest absolute Gasteiger partial charge is 0.469 e. The summed E-state index contributed by atoms with van der Waals surface area (Å²) in [5, 5.41) is 0. The van der Waals surface area contributed by atoms with Crippen molar-refractivity contribution in [2.24, 2.45) is 41.4 Å². The maximum Gasteiger partial charge on any atom is 0.334 e. The first-order chi connectivity index (χ1) is 18.2. The van der Waals surface area contributed by atoms with Crippen molar-refractivity contribution in [2.75, 3.05) is 27.9 Å². The molecule has 1 saturated carbocycles. The summed E-state index contributed by atoms with van der Waals surface area (Å²) >= 11 is 0. The molecule has 4 rings (SSSR count). The Morgan fingerprint density at radius 1 is 0.947 bits per heavy atom. The molecule has 0 aromatic heterocycles. The number of hydrogen-bond donors (Lipinski definition) is 0. The molecular formula is C29H35NO8. The fraction of sp³-hybridized carbons (Fsp3) is 0.552. The topological polar surface area (TPSA) is 116 Å². The third-order valence-corrected chi connectivity index (χ3v) is 8.62. The Morgan fingerprint density at radius 2 is 1.58 bits per heavy atom. The molecule has 7 atom stereocenters. The second-order valence-corrected chi connectivity index (χ2v) is 10.3. The highest BCUT2D eigenvalue weighted by atomic mass is 16.5. The highest BCUT2D eigenvalue weighted by Crippen LogP contribution is 2.57. The average molecular weight is 526 g/mol. The third kappa shape index (κ3) is 4.52. The molecule has 1 aromatic carbocycles. The molecule has 2 amide bonds. The van der Waals surface area contributed by atoms with Gasteiger partial charge in [0.2, 0.25) is 11.8 Å². The van der Waals surface area contributed by atoms with Crippen molar-refractivity contribution in [3.05, 3.63) is 47.0 Å². The van der Waals surface area contributed by atoms with E-state index in [2.05, 4.69) is 0 Å². The number of imide groups is 1. The SMILES string of the molecule is CCOC(=O)C1=C2C[C@H](C(=O)OC)[C@H](C(=O)OC)[C@H](C)[C@H]2[C@H]2C(=O)N(C)C(=O)[C@H]2[C@H]1CCc1ccccc1. The van der Waals surface area contributed by atoms with E-state index in [0.717, 1.165) is 10.5 Å². The summed E-state index contributed by atoms with van der Waals surface area (Å²) in [6.07, 6.45) is 1.08. The predicted molar refractivity (Wildman–Crippen MR) is 135 cm³/mol. The number of hydrogen-bond acceptors (Lipinski definition) is 8. The minimum Gasteiger partial charge on any atom is -0.469 e. The van der Waals surface area contributed by atoms with Crippen LogP contribution in [0.15, 0.2) is 41.5 Å². The van der Waals surface area contributed by atoms with Crippen LogP contribution in [0.2, 0.25) is 0 Å². The molecule has 0 bridgehead atoms. The van der Waals surface area contributed by atoms with E-state index >= 15 is 0 Å². The molecule has 0 radical (unpaired) electrons. The molecular weight excluding hydrogens is 490 g/mol. The van der Waals surface area contributed by atoms with E-state index in [4.69, 9.17) is 14.2 Å². The Hall–Kier alpha value is -3.49. The zero-order valence-electron chi connectivity index (χ0n) is 22.5. The van der Waals surface area contributed by atoms with E-state index < -0.39 is 59.3 Å². The molecule has 1 heterocycles. The van der Waals surface area contributed by atoms with Crippen molar-refractivity contribution in [1.82, 2.24) is 4.90 Å². The summed E-state index contributed by atoms with van der Waals surface area (Å²) < 4.78 is 15.6. The lowest BCUT2D eigenvalue weighted by Gasteiger charge is -2.48. The summed E-state index contributed by atoms with van der Waals surface area (Å²) in [5.41, 5.74) is 2.01. The number of benzene rings is 1. The van der Waals surface area contributed by atoms with Gasteiger partial charge in [-0.2, -0.15) is 0 Å². The highest BCUT2D eigenvalue weighted by molar-refractivity contribution is 6.07. The van der Waals surface area contributed by atoms with E-state index in [-0.39, 0.29) is 24.8 Å². The van der Waals surface area contributed by atoms with Crippen molar-refractivity contribution < 1.29 is 38.2 Å². The van der Waals surface area contributed by atoms with Crippen LogP contribution in [-0.4, -0.2) is 62.5 Å². The van der Waals surface area contributed by atoms with Gasteiger partial charge in [0.15, 0.2) is 0 Å². The van der Waals surface area contributed by atoms with Gasteiger partial charge in [0.05, 0.1) is 44.5 Å². The number of esters is 3. The van der Waals surface area contributed by atoms with Crippen LogP contribution in [-0.2, 0) is 44.6 Å². The van der Waals surface area contributed by atoms with Gasteiger partial charge in [-0.25, -0.2) is 4.79 Å². The number of carbonyl (C=O) groups is 5. The summed E-state index contributed by atoms with van der Waals surface area (Å²) in [7, 11) is 3.96. The number of ether oxygens (including phenoxy) is 3. The first-order valence-electron chi connectivity index (χ1n) is 13.1. The zero-order valence-corrected chi connectivity index (χ0v) is 22.5. The van der Waals surface area contributed by atoms with Crippen LogP contribution < -0.4 is 0 Å². The summed E-state index contributed by atoms with van der Waals surface area (Å²) in [6, 6.07) is 9.72. The second-order valence-electron chi connectivity index (χ2n) is 10.3. The molecule has 0 unspecified atom stereocenters. The van der Waals surface area contributed by atoms with Crippen molar-refractivity contribution in [3.63, 3.8) is 0 Å². The first-order valence-corrected chi connectivity index (χ1v) is 13.1. The Kier molecular flexibility index (Phi) is 8.04. The van der Waals surface area contributed by atoms with Crippen molar-refractivity contribution in [3.8, 4) is 0 Å². The molecule has 0 N–H and O–H groups in total. The number of methoxy groups -OCH3 is 2. The molecule has 2 fully saturated rings. The standard InChI is InChI=1S/C29H35NO8/c1-6-38-29(35)22-17(13-12-16-10-8-7-9-11-16)23-24(26(32)30(3)25(23)31)20-15(2)21(28(34)37-5)19(14-18(20)22)27(33)36-4/h7-11,15,17,19-21,23-24H,6,12-14H2,1-5H3/t15-,17+,19+,20-,21-,23+,24-/m1/s1. The quantitative estimate of drug-likeness (QED) is 0.303. The van der Waals surface area contributed by atoms with E-state index in [1.165, 1.54) is 21.3 Å². The van der Waals surface area contributed by atoms with E-state index in [1.54, 1.807) is 13.8 Å². The molecule has 1 saturated heterocycles. The minimum atomic E-state index is -0.894. The van der Waals surface area contributed by atoms with Gasteiger partial charge < -0.3 is 14.2 Å². The van der Waals surface area contributed by atoms with Crippen molar-refractivity contribution >= 4 is 29.7 Å². The lowest BCUT2D eigenvalue weighted by atomic mass is 9.53. The fourth-order valence-electron chi connectivity index (χ4n) is 7.00. The monoisotopic (exact) mass is 525 g/mol. The van der Waals surface area contributed by atoms with Crippen LogP contribution in [0, 0.1) is 41.4 Å². The normalized spacial score (nSPS) is 30.4. The van der Waals surface area contributed by atoms with E-state index in [1.807, 2.05) is 30.3 Å². The second kappa shape index (κ2) is 11.1. The third-order valence-electron chi connectivity index (χ3n) is 8.62. The maximum atomic E-state index is 13.6. The van der Waals surface area contributed by atoms with Crippen LogP contribution in [0.25, 0.3) is 0 Å². The average Bonchev–Trinajstić information content (AvgIpc) is 3.14. The number of nitrogens with zero attached hydrogens (tertiary/aromatic N) is 1. The Bertz CT molecular complexity index is 1160. The van der Waals surface area contributed by atoms with Gasteiger partial charge in [0.1, 0.15) is 0 Å². The van der Waals surface area contributed by atoms with Gasteiger partial charge in [-0.3, -0.25) is 24.1 Å². The van der Waals surface area contributed by atoms with Crippen LogP contribution in [0.5, 0.6) is 0 Å². The molecule has 1 aliphatic heterocycles. The van der Waals surface area contributed by atoms with Crippen LogP contribution in [0.3, 0.4) is 0 Å². The molecule has 0 spiro atoms. The molecule has 1 aromatic rings. The fourth-order valence-corrected chi connectivity index (χ4v) is 7.00. The number of allylic oxidation sites excluding steroid dienone is 1. The predicted octanol–water partition coefficient (Wildman–Crippen LogP) is 2.57. The van der Waals surface area contributed by atoms with Crippen molar-refractivity contribution in [2.45, 2.75) is 33.1 Å². The number of likely N-dealkylation sites (tertiary alicyclic amines) is 1. The molecule has 9 heteroatoms. The lowest BCUT2D eigenvalue weighted by molar-refractivity contribution is -0.163. The Labute approximate surface area is 222 Å². The molecule has 2 aliphatic carbocycles. The molecule has 3 aliphatic rings. The van der Waals surface area contributed by atoms with Crippen LogP contribution in [0.1, 0.15) is 32.3 Å². The zero-order chi connectivity index (χ0) is 27.7. The maximum absolute atomic E-state index is 13.6. The number of fused-ring (bicyclic) bond motifs is 3. The van der Waals surface area contributed by atoms with Gasteiger partial charge >= 0.3 is 17.9 Å². The van der Waals surface area contributed by atoms with E-state index in [9.17, 15) is 24.0 Å². The highest BCUT2D eigenvalue weighted by Gasteiger charge is 2.63. The van der Waals surface area contributed by atoms with Gasteiger partial charge in [0.25, 0.3) is 0 Å². The van der Waals surface area contributed by atoms with Crippen molar-refractivity contribution in [1.29, 1.82) is 0 Å². The number of carbonyl (C=O) groups excluding carboxylic acids is 5. The molecule has 204 valence electrons. The summed E-state index contributed by atoms with van der Waals surface area (Å²) in [5.74, 6) is -7.43. The van der Waals surface area contributed by atoms with Crippen LogP contribution >= 0.6 is 0 Å². The molecule has 9 nitrogen and oxygen atoms in total.